The molecule has 234 valence electrons. The summed E-state index contributed by atoms with van der Waals surface area (Å²) in [7, 11) is 0. The fourth-order valence-corrected chi connectivity index (χ4v) is 5.55. The molecule has 4 rings (SSSR count). The van der Waals surface area contributed by atoms with E-state index in [1.165, 1.54) is 16.2 Å². The van der Waals surface area contributed by atoms with Crippen LogP contribution >= 0.6 is 11.3 Å². The lowest BCUT2D eigenvalue weighted by molar-refractivity contribution is -0.153. The van der Waals surface area contributed by atoms with Crippen LogP contribution in [0, 0.1) is 0 Å². The number of halogens is 3. The summed E-state index contributed by atoms with van der Waals surface area (Å²) in [4.78, 5) is 43.8. The Labute approximate surface area is 250 Å². The second-order valence-electron chi connectivity index (χ2n) is 12.2. The van der Waals surface area contributed by atoms with Gasteiger partial charge in [0.25, 0.3) is 0 Å². The van der Waals surface area contributed by atoms with E-state index >= 15 is 0 Å². The molecule has 1 aliphatic rings. The lowest BCUT2D eigenvalue weighted by atomic mass is 9.99. The van der Waals surface area contributed by atoms with Crippen LogP contribution in [-0.2, 0) is 36.3 Å². The van der Waals surface area contributed by atoms with Gasteiger partial charge in [-0.3, -0.25) is 14.1 Å². The lowest BCUT2D eigenvalue weighted by Gasteiger charge is -2.30. The quantitative estimate of drug-likeness (QED) is 0.234. The van der Waals surface area contributed by atoms with Crippen LogP contribution in [0.2, 0.25) is 0 Å². The highest BCUT2D eigenvalue weighted by Crippen LogP contribution is 2.34. The smallest absolute Gasteiger partial charge is 0.456 e. The largest absolute Gasteiger partial charge is 0.509 e. The molecule has 43 heavy (non-hydrogen) atoms. The van der Waals surface area contributed by atoms with Gasteiger partial charge in [-0.05, 0) is 59.1 Å². The van der Waals surface area contributed by atoms with Crippen LogP contribution < -0.4 is 0 Å². The number of nitrogens with zero attached hydrogens (tertiary/aromatic N) is 3. The predicted molar refractivity (Wildman–Crippen MR) is 151 cm³/mol. The molecule has 0 bridgehead atoms. The van der Waals surface area contributed by atoms with Crippen LogP contribution in [-0.4, -0.2) is 68.5 Å². The Balaban J connectivity index is 1.59. The molecule has 3 heterocycles. The molecule has 0 spiro atoms. The molecule has 3 atom stereocenters. The van der Waals surface area contributed by atoms with E-state index in [0.29, 0.717) is 4.88 Å². The third-order valence-corrected chi connectivity index (χ3v) is 7.27. The first-order chi connectivity index (χ1) is 19.8. The second-order valence-corrected chi connectivity index (χ2v) is 13.2. The average molecular weight is 626 g/mol. The SMILES string of the molecule is CC(=O)O[C@@H]1[C@@H](OC(=O)OC(C)(C)C)CN(C(=O)OC(C)(C)C)[C@@H]1Cc1ccc(-c2cn3cc(C(F)(F)F)nc3s2)cc1. The molecule has 0 aliphatic carbocycles. The van der Waals surface area contributed by atoms with Crippen LogP contribution in [0.25, 0.3) is 15.4 Å². The maximum absolute atomic E-state index is 13.3. The number of aromatic nitrogens is 2. The highest BCUT2D eigenvalue weighted by molar-refractivity contribution is 7.20. The Morgan fingerprint density at radius 1 is 0.953 bits per heavy atom. The summed E-state index contributed by atoms with van der Waals surface area (Å²) in [5.74, 6) is -0.620. The zero-order valence-corrected chi connectivity index (χ0v) is 25.7. The Morgan fingerprint density at radius 3 is 2.12 bits per heavy atom. The molecule has 1 aromatic carbocycles. The second kappa shape index (κ2) is 11.7. The van der Waals surface area contributed by atoms with Crippen LogP contribution in [0.4, 0.5) is 22.8 Å². The number of benzene rings is 1. The number of carbonyl (C=O) groups is 3. The number of thiazole rings is 1. The van der Waals surface area contributed by atoms with Gasteiger partial charge < -0.3 is 18.9 Å². The summed E-state index contributed by atoms with van der Waals surface area (Å²) in [6.07, 6.45) is -5.44. The standard InChI is InChI=1S/C29H34F3N3O7S/c1-16(36)39-23-19(35(25(37)41-27(2,3)4)13-20(23)40-26(38)42-28(5,6)7)12-17-8-10-18(11-9-17)21-14-34-15-22(29(30,31)32)33-24(34)43-21/h8-11,14-15,19-20,23H,12-13H2,1-7H3/t19-,20+,23+/m1/s1. The van der Waals surface area contributed by atoms with E-state index in [9.17, 15) is 27.6 Å². The van der Waals surface area contributed by atoms with Gasteiger partial charge in [0.05, 0.1) is 17.5 Å². The number of hydrogen-bond acceptors (Lipinski definition) is 9. The molecule has 1 saturated heterocycles. The van der Waals surface area contributed by atoms with Gasteiger partial charge in [-0.2, -0.15) is 13.2 Å². The molecule has 1 amide bonds. The van der Waals surface area contributed by atoms with Gasteiger partial charge in [-0.1, -0.05) is 35.6 Å². The maximum Gasteiger partial charge on any atom is 0.509 e. The van der Waals surface area contributed by atoms with Crippen LogP contribution in [0.5, 0.6) is 0 Å². The molecule has 1 aliphatic heterocycles. The molecule has 1 fully saturated rings. The number of esters is 1. The lowest BCUT2D eigenvalue weighted by Crippen LogP contribution is -2.45. The van der Waals surface area contributed by atoms with E-state index in [-0.39, 0.29) is 17.9 Å². The predicted octanol–water partition coefficient (Wildman–Crippen LogP) is 6.50. The number of rotatable bonds is 5. The first kappa shape index (κ1) is 32.1. The van der Waals surface area contributed by atoms with Gasteiger partial charge >= 0.3 is 24.4 Å². The minimum absolute atomic E-state index is 0.0935. The number of amides is 1. The molecule has 0 unspecified atom stereocenters. The third-order valence-electron chi connectivity index (χ3n) is 6.22. The summed E-state index contributed by atoms with van der Waals surface area (Å²) in [6.45, 7) is 11.3. The summed E-state index contributed by atoms with van der Waals surface area (Å²) in [5.41, 5.74) is -1.08. The molecule has 0 saturated carbocycles. The van der Waals surface area contributed by atoms with Crippen LogP contribution in [0.1, 0.15) is 59.7 Å². The number of imidazole rings is 1. The molecule has 0 N–H and O–H groups in total. The number of likely N-dealkylation sites (tertiary alicyclic amines) is 1. The summed E-state index contributed by atoms with van der Waals surface area (Å²) in [5, 5.41) is 0. The molecule has 3 aromatic rings. The van der Waals surface area contributed by atoms with Gasteiger partial charge in [0, 0.05) is 19.3 Å². The van der Waals surface area contributed by atoms with Crippen molar-refractivity contribution in [1.29, 1.82) is 0 Å². The van der Waals surface area contributed by atoms with Crippen molar-refractivity contribution >= 4 is 34.5 Å². The van der Waals surface area contributed by atoms with Crippen LogP contribution in [0.15, 0.2) is 36.7 Å². The number of ether oxygens (including phenoxy) is 4. The van der Waals surface area contributed by atoms with Crippen molar-refractivity contribution in [2.24, 2.45) is 0 Å². The van der Waals surface area contributed by atoms with Crippen molar-refractivity contribution in [3.8, 4) is 10.4 Å². The van der Waals surface area contributed by atoms with Crippen molar-refractivity contribution < 1.29 is 46.5 Å². The Morgan fingerprint density at radius 2 is 1.58 bits per heavy atom. The van der Waals surface area contributed by atoms with E-state index in [0.717, 1.165) is 28.7 Å². The number of carbonyl (C=O) groups excluding carboxylic acids is 3. The fourth-order valence-electron chi connectivity index (χ4n) is 4.58. The normalized spacial score (nSPS) is 19.4. The zero-order chi connectivity index (χ0) is 31.9. The summed E-state index contributed by atoms with van der Waals surface area (Å²) >= 11 is 1.12. The molecular formula is C29H34F3N3O7S. The van der Waals surface area contributed by atoms with E-state index in [2.05, 4.69) is 4.98 Å². The number of alkyl halides is 3. The zero-order valence-electron chi connectivity index (χ0n) is 24.9. The van der Waals surface area contributed by atoms with Crippen molar-refractivity contribution in [2.45, 2.75) is 90.5 Å². The highest BCUT2D eigenvalue weighted by Gasteiger charge is 2.50. The van der Waals surface area contributed by atoms with E-state index in [1.807, 2.05) is 0 Å². The molecular weight excluding hydrogens is 591 g/mol. The van der Waals surface area contributed by atoms with Crippen molar-refractivity contribution in [3.63, 3.8) is 0 Å². The fraction of sp³-hybridized carbons (Fsp3) is 0.517. The molecule has 2 aromatic heterocycles. The number of fused-ring (bicyclic) bond motifs is 1. The highest BCUT2D eigenvalue weighted by atomic mass is 32.1. The first-order valence-corrected chi connectivity index (χ1v) is 14.3. The van der Waals surface area contributed by atoms with Gasteiger partial charge in [0.15, 0.2) is 22.9 Å². The minimum atomic E-state index is -4.53. The molecule has 14 heteroatoms. The van der Waals surface area contributed by atoms with E-state index in [4.69, 9.17) is 18.9 Å². The average Bonchev–Trinajstić information content (AvgIpc) is 3.50. The first-order valence-electron chi connectivity index (χ1n) is 13.5. The van der Waals surface area contributed by atoms with E-state index < -0.39 is 59.5 Å². The minimum Gasteiger partial charge on any atom is -0.456 e. The van der Waals surface area contributed by atoms with Crippen molar-refractivity contribution in [1.82, 2.24) is 14.3 Å². The van der Waals surface area contributed by atoms with Crippen molar-refractivity contribution in [2.75, 3.05) is 6.54 Å². The topological polar surface area (TPSA) is 109 Å². The van der Waals surface area contributed by atoms with Gasteiger partial charge in [0.2, 0.25) is 0 Å². The monoisotopic (exact) mass is 625 g/mol. The Bertz CT molecular complexity index is 1450. The molecule has 0 radical (unpaired) electrons. The Kier molecular flexibility index (Phi) is 8.74. The maximum atomic E-state index is 13.3. The van der Waals surface area contributed by atoms with Crippen LogP contribution in [0.3, 0.4) is 0 Å². The van der Waals surface area contributed by atoms with Crippen molar-refractivity contribution in [3.05, 3.63) is 47.9 Å². The number of hydrogen-bond donors (Lipinski definition) is 0. The molecule has 10 nitrogen and oxygen atoms in total. The van der Waals surface area contributed by atoms with E-state index in [1.54, 1.807) is 72.0 Å². The van der Waals surface area contributed by atoms with Gasteiger partial charge in [0.1, 0.15) is 11.2 Å². The summed E-state index contributed by atoms with van der Waals surface area (Å²) in [6, 6.07) is 6.46. The summed E-state index contributed by atoms with van der Waals surface area (Å²) < 4.78 is 62.3. The van der Waals surface area contributed by atoms with Gasteiger partial charge in [-0.15, -0.1) is 0 Å². The third kappa shape index (κ3) is 8.18. The van der Waals surface area contributed by atoms with Gasteiger partial charge in [-0.25, -0.2) is 14.6 Å². The Hall–Kier alpha value is -3.81.